The third kappa shape index (κ3) is 3.88. The molecule has 150 valence electrons. The van der Waals surface area contributed by atoms with Crippen molar-refractivity contribution >= 4 is 39.3 Å². The lowest BCUT2D eigenvalue weighted by atomic mass is 9.83. The lowest BCUT2D eigenvalue weighted by molar-refractivity contribution is 0.0979. The molecule has 3 aromatic carbocycles. The largest absolute Gasteiger partial charge is 0.397 e. The Labute approximate surface area is 175 Å². The van der Waals surface area contributed by atoms with Crippen LogP contribution >= 0.6 is 11.8 Å². The van der Waals surface area contributed by atoms with E-state index in [0.29, 0.717) is 10.5 Å². The van der Waals surface area contributed by atoms with Gasteiger partial charge in [-0.3, -0.25) is 19.6 Å². The van der Waals surface area contributed by atoms with Gasteiger partial charge in [0.2, 0.25) is 0 Å². The molecule has 0 atom stereocenters. The number of ketones is 2. The molecule has 0 unspecified atom stereocenters. The fraction of sp³-hybridized carbons (Fsp3) is 0. The van der Waals surface area contributed by atoms with E-state index in [1.807, 2.05) is 30.3 Å². The van der Waals surface area contributed by atoms with Crippen molar-refractivity contribution in [3.63, 3.8) is 0 Å². The molecule has 4 rings (SSSR count). The molecule has 3 aromatic rings. The third-order valence-electron chi connectivity index (χ3n) is 4.33. The summed E-state index contributed by atoms with van der Waals surface area (Å²) >= 11 is 1.29. The van der Waals surface area contributed by atoms with E-state index >= 15 is 0 Å². The maximum absolute atomic E-state index is 13.2. The zero-order valence-electron chi connectivity index (χ0n) is 15.1. The van der Waals surface area contributed by atoms with Crippen molar-refractivity contribution < 1.29 is 22.6 Å². The molecule has 10 heteroatoms. The van der Waals surface area contributed by atoms with Crippen molar-refractivity contribution in [2.24, 2.45) is 9.74 Å². The molecular formula is C20H13N3O5S2. The molecule has 8 nitrogen and oxygen atoms in total. The Morgan fingerprint density at radius 2 is 1.43 bits per heavy atom. The SMILES string of the molecule is O=C1c2ccccc2C(=O)c2c1ccc(Sc1ccccc1)c2N/N=N/S(=O)(=O)O. The maximum Gasteiger partial charge on any atom is 0.397 e. The minimum absolute atomic E-state index is 0.0638. The summed E-state index contributed by atoms with van der Waals surface area (Å²) in [4.78, 5) is 27.5. The molecule has 1 aliphatic rings. The van der Waals surface area contributed by atoms with E-state index < -0.39 is 16.1 Å². The van der Waals surface area contributed by atoms with Gasteiger partial charge >= 0.3 is 10.3 Å². The van der Waals surface area contributed by atoms with E-state index in [0.717, 1.165) is 4.90 Å². The molecule has 0 fully saturated rings. The van der Waals surface area contributed by atoms with Gasteiger partial charge in [-0.2, -0.15) is 8.42 Å². The van der Waals surface area contributed by atoms with Crippen LogP contribution in [0.25, 0.3) is 0 Å². The van der Waals surface area contributed by atoms with Crippen LogP contribution in [0.2, 0.25) is 0 Å². The zero-order valence-corrected chi connectivity index (χ0v) is 16.8. The number of carbonyl (C=O) groups is 2. The van der Waals surface area contributed by atoms with Gasteiger partial charge in [-0.1, -0.05) is 59.4 Å². The van der Waals surface area contributed by atoms with Crippen LogP contribution < -0.4 is 5.43 Å². The molecule has 0 saturated heterocycles. The van der Waals surface area contributed by atoms with Gasteiger partial charge in [0.1, 0.15) is 0 Å². The van der Waals surface area contributed by atoms with Crippen LogP contribution in [0.5, 0.6) is 0 Å². The second kappa shape index (κ2) is 7.82. The average Bonchev–Trinajstić information content (AvgIpc) is 2.73. The second-order valence-electron chi connectivity index (χ2n) is 6.22. The molecule has 0 radical (unpaired) electrons. The molecule has 0 bridgehead atoms. The average molecular weight is 439 g/mol. The van der Waals surface area contributed by atoms with Gasteiger partial charge in [-0.15, -0.1) is 0 Å². The first-order valence-electron chi connectivity index (χ1n) is 8.59. The molecule has 0 aromatic heterocycles. The first-order chi connectivity index (χ1) is 14.3. The summed E-state index contributed by atoms with van der Waals surface area (Å²) in [7, 11) is -4.72. The van der Waals surface area contributed by atoms with Crippen LogP contribution in [-0.4, -0.2) is 24.5 Å². The molecule has 0 spiro atoms. The first-order valence-corrected chi connectivity index (χ1v) is 10.8. The Morgan fingerprint density at radius 3 is 2.10 bits per heavy atom. The molecule has 0 heterocycles. The Balaban J connectivity index is 1.87. The van der Waals surface area contributed by atoms with Gasteiger partial charge in [-0.05, 0) is 28.8 Å². The highest BCUT2D eigenvalue weighted by Crippen LogP contribution is 2.40. The van der Waals surface area contributed by atoms with Gasteiger partial charge in [0.15, 0.2) is 11.6 Å². The number of rotatable bonds is 5. The normalized spacial score (nSPS) is 13.2. The Hall–Kier alpha value is -3.34. The monoisotopic (exact) mass is 439 g/mol. The first kappa shape index (κ1) is 20.0. The quantitative estimate of drug-likeness (QED) is 0.271. The van der Waals surface area contributed by atoms with Gasteiger partial charge in [0, 0.05) is 26.5 Å². The molecule has 0 aliphatic heterocycles. The lowest BCUT2D eigenvalue weighted by Gasteiger charge is -2.21. The van der Waals surface area contributed by atoms with Gasteiger partial charge < -0.3 is 0 Å². The summed E-state index contributed by atoms with van der Waals surface area (Å²) in [5.41, 5.74) is 3.32. The summed E-state index contributed by atoms with van der Waals surface area (Å²) in [6, 6.07) is 18.9. The minimum atomic E-state index is -4.72. The van der Waals surface area contributed by atoms with Crippen molar-refractivity contribution in [1.82, 2.24) is 0 Å². The van der Waals surface area contributed by atoms with E-state index in [9.17, 15) is 18.0 Å². The highest BCUT2D eigenvalue weighted by molar-refractivity contribution is 7.99. The highest BCUT2D eigenvalue weighted by Gasteiger charge is 2.33. The van der Waals surface area contributed by atoms with Crippen molar-refractivity contribution in [3.05, 3.63) is 89.0 Å². The van der Waals surface area contributed by atoms with Crippen LogP contribution in [0.15, 0.2) is 86.3 Å². The van der Waals surface area contributed by atoms with Crippen molar-refractivity contribution in [2.45, 2.75) is 9.79 Å². The van der Waals surface area contributed by atoms with E-state index in [2.05, 4.69) is 15.2 Å². The number of carbonyl (C=O) groups excluding carboxylic acids is 2. The summed E-state index contributed by atoms with van der Waals surface area (Å²) in [6.07, 6.45) is 0. The van der Waals surface area contributed by atoms with E-state index in [1.165, 1.54) is 11.8 Å². The smallest absolute Gasteiger partial charge is 0.289 e. The maximum atomic E-state index is 13.2. The standard InChI is InChI=1S/C20H13N3O5S2/c24-19-13-8-4-5-9-14(13)20(25)17-15(19)10-11-16(29-12-6-2-1-3-7-12)18(17)21-22-23-30(26,27)28/h1-11H,(H,21,23)(H,26,27,28). The van der Waals surface area contributed by atoms with E-state index in [4.69, 9.17) is 4.55 Å². The van der Waals surface area contributed by atoms with Crippen molar-refractivity contribution in [2.75, 3.05) is 5.43 Å². The van der Waals surface area contributed by atoms with Gasteiger partial charge in [-0.25, -0.2) is 0 Å². The van der Waals surface area contributed by atoms with Gasteiger partial charge in [0.25, 0.3) is 0 Å². The number of benzene rings is 3. The predicted molar refractivity (Wildman–Crippen MR) is 110 cm³/mol. The Morgan fingerprint density at radius 1 is 0.800 bits per heavy atom. The predicted octanol–water partition coefficient (Wildman–Crippen LogP) is 4.20. The number of nitrogens with one attached hydrogen (secondary N) is 1. The van der Waals surface area contributed by atoms with Crippen molar-refractivity contribution in [1.29, 1.82) is 0 Å². The topological polar surface area (TPSA) is 125 Å². The Kier molecular flexibility index (Phi) is 5.20. The molecule has 30 heavy (non-hydrogen) atoms. The number of nitrogens with zero attached hydrogens (tertiary/aromatic N) is 2. The zero-order chi connectivity index (χ0) is 21.3. The van der Waals surface area contributed by atoms with E-state index in [-0.39, 0.29) is 28.2 Å². The van der Waals surface area contributed by atoms with Crippen LogP contribution in [-0.2, 0) is 10.3 Å². The summed E-state index contributed by atoms with van der Waals surface area (Å²) in [5.74, 6) is -0.730. The third-order valence-corrected chi connectivity index (χ3v) is 5.69. The van der Waals surface area contributed by atoms with Crippen LogP contribution in [0.3, 0.4) is 0 Å². The van der Waals surface area contributed by atoms with E-state index in [1.54, 1.807) is 36.4 Å². The van der Waals surface area contributed by atoms with Crippen LogP contribution in [0, 0.1) is 0 Å². The minimum Gasteiger partial charge on any atom is -0.289 e. The highest BCUT2D eigenvalue weighted by atomic mass is 32.2. The summed E-state index contributed by atoms with van der Waals surface area (Å²) in [5, 5.41) is 3.30. The number of hydrogen-bond acceptors (Lipinski definition) is 6. The summed E-state index contributed by atoms with van der Waals surface area (Å²) in [6.45, 7) is 0. The second-order valence-corrected chi connectivity index (χ2v) is 8.40. The Bertz CT molecular complexity index is 1310. The fourth-order valence-corrected chi connectivity index (χ4v) is 4.18. The lowest BCUT2D eigenvalue weighted by Crippen LogP contribution is -2.22. The number of anilines is 1. The molecule has 2 N–H and O–H groups in total. The number of fused-ring (bicyclic) bond motifs is 2. The summed E-state index contributed by atoms with van der Waals surface area (Å²) < 4.78 is 33.4. The van der Waals surface area contributed by atoms with Crippen LogP contribution in [0.1, 0.15) is 31.8 Å². The number of hydrogen-bond donors (Lipinski definition) is 2. The molecular weight excluding hydrogens is 426 g/mol. The van der Waals surface area contributed by atoms with Gasteiger partial charge in [0.05, 0.1) is 11.3 Å². The van der Waals surface area contributed by atoms with Crippen molar-refractivity contribution in [3.8, 4) is 0 Å². The molecule has 1 aliphatic carbocycles. The molecule has 0 saturated carbocycles. The molecule has 0 amide bonds. The van der Waals surface area contributed by atoms with Crippen LogP contribution in [0.4, 0.5) is 5.69 Å². The fourth-order valence-electron chi connectivity index (χ4n) is 3.10.